The first-order valence-electron chi connectivity index (χ1n) is 6.59. The number of ether oxygens (including phenoxy) is 2. The lowest BCUT2D eigenvalue weighted by Crippen LogP contribution is -2.16. The molecule has 0 unspecified atom stereocenters. The molecule has 112 valence electrons. The zero-order valence-electron chi connectivity index (χ0n) is 12.6. The molecule has 7 heteroatoms. The van der Waals surface area contributed by atoms with Gasteiger partial charge in [-0.1, -0.05) is 0 Å². The van der Waals surface area contributed by atoms with Crippen molar-refractivity contribution < 1.29 is 9.47 Å². The zero-order valence-corrected chi connectivity index (χ0v) is 12.6. The molecule has 7 nitrogen and oxygen atoms in total. The van der Waals surface area contributed by atoms with Gasteiger partial charge in [-0.2, -0.15) is 15.0 Å². The summed E-state index contributed by atoms with van der Waals surface area (Å²) in [6.07, 6.45) is 0. The summed E-state index contributed by atoms with van der Waals surface area (Å²) in [6, 6.07) is 7.91. The Labute approximate surface area is 124 Å². The van der Waals surface area contributed by atoms with E-state index in [2.05, 4.69) is 20.3 Å². The molecule has 0 spiro atoms. The molecule has 0 bridgehead atoms. The molecule has 0 aliphatic heterocycles. The van der Waals surface area contributed by atoms with Crippen LogP contribution in [0.1, 0.15) is 6.92 Å². The van der Waals surface area contributed by atoms with Gasteiger partial charge >= 0.3 is 6.01 Å². The van der Waals surface area contributed by atoms with Crippen LogP contribution in [0, 0.1) is 0 Å². The molecule has 2 aromatic rings. The fourth-order valence-corrected chi connectivity index (χ4v) is 1.75. The van der Waals surface area contributed by atoms with Crippen molar-refractivity contribution in [3.05, 3.63) is 24.3 Å². The molecule has 0 aliphatic rings. The lowest BCUT2D eigenvalue weighted by Gasteiger charge is -2.18. The van der Waals surface area contributed by atoms with E-state index in [1.165, 1.54) is 7.11 Å². The number of benzene rings is 1. The summed E-state index contributed by atoms with van der Waals surface area (Å²) in [5.41, 5.74) is 0.937. The molecule has 2 rings (SSSR count). The first kappa shape index (κ1) is 14.8. The molecule has 21 heavy (non-hydrogen) atoms. The molecule has 1 N–H and O–H groups in total. The zero-order chi connectivity index (χ0) is 15.2. The van der Waals surface area contributed by atoms with E-state index in [-0.39, 0.29) is 6.01 Å². The van der Waals surface area contributed by atoms with Gasteiger partial charge in [-0.3, -0.25) is 0 Å². The number of rotatable bonds is 6. The summed E-state index contributed by atoms with van der Waals surface area (Å²) in [5, 5.41) is 3.06. The van der Waals surface area contributed by atoms with Crippen LogP contribution in [0.25, 0.3) is 0 Å². The summed E-state index contributed by atoms with van der Waals surface area (Å²) in [5.74, 6) is 1.79. The first-order chi connectivity index (χ1) is 10.2. The number of anilines is 3. The van der Waals surface area contributed by atoms with Gasteiger partial charge in [-0.25, -0.2) is 0 Å². The Morgan fingerprint density at radius 2 is 1.76 bits per heavy atom. The topological polar surface area (TPSA) is 72.4 Å². The molecule has 0 atom stereocenters. The van der Waals surface area contributed by atoms with Gasteiger partial charge < -0.3 is 19.7 Å². The van der Waals surface area contributed by atoms with Crippen molar-refractivity contribution in [3.63, 3.8) is 0 Å². The maximum absolute atomic E-state index is 5.15. The van der Waals surface area contributed by atoms with Crippen LogP contribution in [0.15, 0.2) is 24.3 Å². The lowest BCUT2D eigenvalue weighted by atomic mass is 10.3. The van der Waals surface area contributed by atoms with Crippen LogP contribution >= 0.6 is 0 Å². The van der Waals surface area contributed by atoms with Gasteiger partial charge in [0.2, 0.25) is 11.9 Å². The Balaban J connectivity index is 2.31. The highest BCUT2D eigenvalue weighted by molar-refractivity contribution is 5.58. The summed E-state index contributed by atoms with van der Waals surface area (Å²) < 4.78 is 10.3. The van der Waals surface area contributed by atoms with Crippen LogP contribution in [0.2, 0.25) is 0 Å². The highest BCUT2D eigenvalue weighted by Crippen LogP contribution is 2.24. The van der Waals surface area contributed by atoms with E-state index in [1.54, 1.807) is 7.11 Å². The van der Waals surface area contributed by atoms with Crippen molar-refractivity contribution in [2.75, 3.05) is 38.0 Å². The van der Waals surface area contributed by atoms with Crippen LogP contribution in [0.5, 0.6) is 11.8 Å². The van der Waals surface area contributed by atoms with E-state index in [1.807, 2.05) is 43.1 Å². The molecule has 0 fully saturated rings. The number of hydrogen-bond acceptors (Lipinski definition) is 7. The maximum atomic E-state index is 5.15. The molecule has 0 radical (unpaired) electrons. The largest absolute Gasteiger partial charge is 0.497 e. The minimum Gasteiger partial charge on any atom is -0.497 e. The fourth-order valence-electron chi connectivity index (χ4n) is 1.75. The molecule has 1 heterocycles. The minimum atomic E-state index is 0.274. The van der Waals surface area contributed by atoms with Crippen molar-refractivity contribution in [2.45, 2.75) is 6.92 Å². The summed E-state index contributed by atoms with van der Waals surface area (Å²) in [6.45, 7) is 2.70. The van der Waals surface area contributed by atoms with Gasteiger partial charge in [0.15, 0.2) is 0 Å². The summed E-state index contributed by atoms with van der Waals surface area (Å²) in [4.78, 5) is 14.6. The second-order valence-electron chi connectivity index (χ2n) is 4.23. The molecular weight excluding hydrogens is 270 g/mol. The van der Waals surface area contributed by atoms with E-state index in [0.29, 0.717) is 11.9 Å². The van der Waals surface area contributed by atoms with Crippen LogP contribution in [-0.4, -0.2) is 42.8 Å². The first-order valence-corrected chi connectivity index (χ1v) is 6.59. The number of methoxy groups -OCH3 is 2. The molecule has 1 aromatic carbocycles. The number of nitrogens with one attached hydrogen (secondary N) is 1. The molecule has 0 amide bonds. The predicted octanol–water partition coefficient (Wildman–Crippen LogP) is 2.09. The van der Waals surface area contributed by atoms with Crippen LogP contribution in [-0.2, 0) is 0 Å². The van der Waals surface area contributed by atoms with Crippen LogP contribution in [0.3, 0.4) is 0 Å². The van der Waals surface area contributed by atoms with E-state index < -0.39 is 0 Å². The van der Waals surface area contributed by atoms with E-state index in [4.69, 9.17) is 9.47 Å². The van der Waals surface area contributed by atoms with Crippen LogP contribution < -0.4 is 19.7 Å². The van der Waals surface area contributed by atoms with E-state index >= 15 is 0 Å². The minimum absolute atomic E-state index is 0.274. The number of hydrogen-bond donors (Lipinski definition) is 1. The Hall–Kier alpha value is -2.57. The van der Waals surface area contributed by atoms with Crippen molar-refractivity contribution >= 4 is 17.6 Å². The highest BCUT2D eigenvalue weighted by atomic mass is 16.5. The summed E-state index contributed by atoms with van der Waals surface area (Å²) >= 11 is 0. The van der Waals surface area contributed by atoms with Gasteiger partial charge in [0, 0.05) is 19.3 Å². The third-order valence-corrected chi connectivity index (χ3v) is 2.88. The molecular formula is C14H19N5O2. The Kier molecular flexibility index (Phi) is 4.76. The van der Waals surface area contributed by atoms with Crippen molar-refractivity contribution in [1.29, 1.82) is 0 Å². The normalized spacial score (nSPS) is 10.1. The second-order valence-corrected chi connectivity index (χ2v) is 4.23. The number of aromatic nitrogens is 3. The molecule has 0 saturated heterocycles. The van der Waals surface area contributed by atoms with Gasteiger partial charge in [-0.05, 0) is 31.2 Å². The molecule has 1 aromatic heterocycles. The quantitative estimate of drug-likeness (QED) is 0.872. The third-order valence-electron chi connectivity index (χ3n) is 2.88. The standard InChI is InChI=1S/C14H19N5O2/c1-5-15-12-16-13(18-14(17-12)21-4)19(2)10-6-8-11(20-3)9-7-10/h6-9H,5H2,1-4H3,(H,15,16,17,18). The predicted molar refractivity (Wildman–Crippen MR) is 81.6 cm³/mol. The van der Waals surface area contributed by atoms with Crippen molar-refractivity contribution in [1.82, 2.24) is 15.0 Å². The van der Waals surface area contributed by atoms with Gasteiger partial charge in [0.05, 0.1) is 14.2 Å². The third kappa shape index (κ3) is 3.50. The van der Waals surface area contributed by atoms with Crippen molar-refractivity contribution in [3.8, 4) is 11.8 Å². The average Bonchev–Trinajstić information content (AvgIpc) is 2.54. The van der Waals surface area contributed by atoms with Gasteiger partial charge in [0.1, 0.15) is 5.75 Å². The second kappa shape index (κ2) is 6.74. The molecule has 0 aliphatic carbocycles. The average molecular weight is 289 g/mol. The number of nitrogens with zero attached hydrogens (tertiary/aromatic N) is 4. The molecule has 0 saturated carbocycles. The Morgan fingerprint density at radius 3 is 2.33 bits per heavy atom. The van der Waals surface area contributed by atoms with Crippen molar-refractivity contribution in [2.24, 2.45) is 0 Å². The summed E-state index contributed by atoms with van der Waals surface area (Å²) in [7, 11) is 5.05. The van der Waals surface area contributed by atoms with E-state index in [0.717, 1.165) is 18.0 Å². The Bertz CT molecular complexity index is 588. The van der Waals surface area contributed by atoms with Gasteiger partial charge in [0.25, 0.3) is 0 Å². The lowest BCUT2D eigenvalue weighted by molar-refractivity contribution is 0.379. The SMILES string of the molecule is CCNc1nc(OC)nc(N(C)c2ccc(OC)cc2)n1. The maximum Gasteiger partial charge on any atom is 0.322 e. The fraction of sp³-hybridized carbons (Fsp3) is 0.357. The smallest absolute Gasteiger partial charge is 0.322 e. The van der Waals surface area contributed by atoms with Crippen LogP contribution in [0.4, 0.5) is 17.6 Å². The highest BCUT2D eigenvalue weighted by Gasteiger charge is 2.12. The Morgan fingerprint density at radius 1 is 1.05 bits per heavy atom. The van der Waals surface area contributed by atoms with E-state index in [9.17, 15) is 0 Å². The van der Waals surface area contributed by atoms with Gasteiger partial charge in [-0.15, -0.1) is 0 Å². The monoisotopic (exact) mass is 289 g/mol.